The third kappa shape index (κ3) is 7.97. The van der Waals surface area contributed by atoms with Crippen molar-refractivity contribution in [2.45, 2.75) is 50.7 Å². The van der Waals surface area contributed by atoms with E-state index in [0.717, 1.165) is 22.0 Å². The Balaban J connectivity index is 2.05. The fourth-order valence-electron chi connectivity index (χ4n) is 4.24. The monoisotopic (exact) mass is 585 g/mol. The molecule has 0 saturated heterocycles. The number of carbonyl (C=O) groups is 2. The van der Waals surface area contributed by atoms with Gasteiger partial charge in [0.15, 0.2) is 0 Å². The molecule has 9 nitrogen and oxygen atoms in total. The van der Waals surface area contributed by atoms with Crippen molar-refractivity contribution in [1.82, 2.24) is 10.2 Å². The van der Waals surface area contributed by atoms with Crippen molar-refractivity contribution >= 4 is 27.5 Å². The summed E-state index contributed by atoms with van der Waals surface area (Å²) in [6.07, 6.45) is 0.294. The number of hydrogen-bond donors (Lipinski definition) is 1. The Morgan fingerprint density at radius 2 is 1.41 bits per heavy atom. The van der Waals surface area contributed by atoms with Crippen LogP contribution in [0.5, 0.6) is 11.5 Å². The van der Waals surface area contributed by atoms with E-state index in [0.29, 0.717) is 17.9 Å². The third-order valence-corrected chi connectivity index (χ3v) is 8.16. The first kappa shape index (κ1) is 31.4. The van der Waals surface area contributed by atoms with E-state index in [1.54, 1.807) is 38.3 Å². The Morgan fingerprint density at radius 1 is 0.878 bits per heavy atom. The molecule has 3 aromatic rings. The SMILES string of the molecule is CCC(C(=O)NC(C)C)N(Cc1ccc(OC)cc1)C(=O)CN(c1ccc(F)cc1)S(=O)(=O)c1ccc(OC)cc1. The molecule has 11 heteroatoms. The standard InChI is InChI=1S/C30H36FN3O6S/c1-6-28(30(36)32-21(2)3)33(19-22-7-13-25(39-4)14-8-22)29(35)20-34(24-11-9-23(31)10-12-24)41(37,38)27-17-15-26(40-5)16-18-27/h7-18,21,28H,6,19-20H2,1-5H3,(H,32,36). The van der Waals surface area contributed by atoms with Gasteiger partial charge < -0.3 is 19.7 Å². The van der Waals surface area contributed by atoms with Crippen molar-refractivity contribution in [2.75, 3.05) is 25.1 Å². The van der Waals surface area contributed by atoms with Gasteiger partial charge in [-0.3, -0.25) is 13.9 Å². The minimum atomic E-state index is -4.28. The van der Waals surface area contributed by atoms with Crippen LogP contribution in [0.25, 0.3) is 0 Å². The summed E-state index contributed by atoms with van der Waals surface area (Å²) in [4.78, 5) is 28.5. The topological polar surface area (TPSA) is 105 Å². The predicted molar refractivity (Wildman–Crippen MR) is 155 cm³/mol. The van der Waals surface area contributed by atoms with Crippen LogP contribution in [-0.2, 0) is 26.2 Å². The summed E-state index contributed by atoms with van der Waals surface area (Å²) in [5.74, 6) is -0.423. The third-order valence-electron chi connectivity index (χ3n) is 6.37. The van der Waals surface area contributed by atoms with Gasteiger partial charge in [0.1, 0.15) is 29.9 Å². The zero-order valence-corrected chi connectivity index (χ0v) is 24.7. The molecule has 1 N–H and O–H groups in total. The Morgan fingerprint density at radius 3 is 1.90 bits per heavy atom. The second-order valence-corrected chi connectivity index (χ2v) is 11.5. The number of rotatable bonds is 13. The van der Waals surface area contributed by atoms with Crippen LogP contribution < -0.4 is 19.1 Å². The van der Waals surface area contributed by atoms with E-state index in [1.807, 2.05) is 13.8 Å². The number of hydrogen-bond acceptors (Lipinski definition) is 6. The molecule has 1 atom stereocenters. The Bertz CT molecular complexity index is 1410. The van der Waals surface area contributed by atoms with E-state index in [4.69, 9.17) is 9.47 Å². The van der Waals surface area contributed by atoms with Crippen molar-refractivity contribution in [3.63, 3.8) is 0 Å². The van der Waals surface area contributed by atoms with Gasteiger partial charge in [0, 0.05) is 12.6 Å². The molecular weight excluding hydrogens is 549 g/mol. The maximum atomic E-state index is 14.0. The molecule has 2 amide bonds. The van der Waals surface area contributed by atoms with Gasteiger partial charge in [0.05, 0.1) is 24.8 Å². The number of methoxy groups -OCH3 is 2. The molecule has 0 radical (unpaired) electrons. The molecule has 0 heterocycles. The summed E-state index contributed by atoms with van der Waals surface area (Å²) in [6.45, 7) is 4.84. The first-order chi connectivity index (χ1) is 19.5. The summed E-state index contributed by atoms with van der Waals surface area (Å²) >= 11 is 0. The van der Waals surface area contributed by atoms with E-state index in [2.05, 4.69) is 5.32 Å². The Hall–Kier alpha value is -4.12. The minimum absolute atomic E-state index is 0.0483. The van der Waals surface area contributed by atoms with Gasteiger partial charge in [-0.1, -0.05) is 19.1 Å². The maximum absolute atomic E-state index is 14.0. The lowest BCUT2D eigenvalue weighted by atomic mass is 10.1. The molecule has 41 heavy (non-hydrogen) atoms. The van der Waals surface area contributed by atoms with Gasteiger partial charge >= 0.3 is 0 Å². The van der Waals surface area contributed by atoms with E-state index in [9.17, 15) is 22.4 Å². The van der Waals surface area contributed by atoms with Crippen molar-refractivity contribution in [3.8, 4) is 11.5 Å². The number of sulfonamides is 1. The summed E-state index contributed by atoms with van der Waals surface area (Å²) < 4.78 is 52.8. The van der Waals surface area contributed by atoms with Gasteiger partial charge in [0.25, 0.3) is 10.0 Å². The Labute approximate surface area is 240 Å². The van der Waals surface area contributed by atoms with Crippen LogP contribution in [0.3, 0.4) is 0 Å². The number of anilines is 1. The van der Waals surface area contributed by atoms with Gasteiger partial charge in [-0.2, -0.15) is 0 Å². The van der Waals surface area contributed by atoms with Gasteiger partial charge in [-0.15, -0.1) is 0 Å². The lowest BCUT2D eigenvalue weighted by Crippen LogP contribution is -2.53. The number of benzene rings is 3. The first-order valence-corrected chi connectivity index (χ1v) is 14.6. The molecule has 3 aromatic carbocycles. The zero-order chi connectivity index (χ0) is 30.2. The highest BCUT2D eigenvalue weighted by Crippen LogP contribution is 2.26. The number of carbonyl (C=O) groups excluding carboxylic acids is 2. The van der Waals surface area contributed by atoms with Crippen LogP contribution in [0, 0.1) is 5.82 Å². The normalized spacial score (nSPS) is 12.0. The highest BCUT2D eigenvalue weighted by atomic mass is 32.2. The van der Waals surface area contributed by atoms with E-state index in [-0.39, 0.29) is 29.1 Å². The molecule has 0 aliphatic rings. The van der Waals surface area contributed by atoms with Gasteiger partial charge in [-0.25, -0.2) is 12.8 Å². The fraction of sp³-hybridized carbons (Fsp3) is 0.333. The molecule has 0 aliphatic carbocycles. The van der Waals surface area contributed by atoms with Crippen LogP contribution in [0.15, 0.2) is 77.7 Å². The smallest absolute Gasteiger partial charge is 0.264 e. The number of ether oxygens (including phenoxy) is 2. The molecule has 0 bridgehead atoms. The van der Waals surface area contributed by atoms with Crippen LogP contribution in [0.4, 0.5) is 10.1 Å². The fourth-order valence-corrected chi connectivity index (χ4v) is 5.65. The first-order valence-electron chi connectivity index (χ1n) is 13.1. The molecule has 1 unspecified atom stereocenters. The minimum Gasteiger partial charge on any atom is -0.497 e. The van der Waals surface area contributed by atoms with E-state index < -0.39 is 34.3 Å². The van der Waals surface area contributed by atoms with Crippen molar-refractivity contribution in [3.05, 3.63) is 84.2 Å². The highest BCUT2D eigenvalue weighted by Gasteiger charge is 2.34. The number of amides is 2. The highest BCUT2D eigenvalue weighted by molar-refractivity contribution is 7.92. The second kappa shape index (κ2) is 14.0. The number of nitrogens with zero attached hydrogens (tertiary/aromatic N) is 2. The molecule has 0 saturated carbocycles. The average Bonchev–Trinajstić information content (AvgIpc) is 2.96. The molecule has 3 rings (SSSR count). The number of nitrogens with one attached hydrogen (secondary N) is 1. The van der Waals surface area contributed by atoms with Crippen molar-refractivity contribution in [2.24, 2.45) is 0 Å². The van der Waals surface area contributed by atoms with Crippen molar-refractivity contribution in [1.29, 1.82) is 0 Å². The van der Waals surface area contributed by atoms with Crippen LogP contribution in [0.2, 0.25) is 0 Å². The second-order valence-electron chi connectivity index (χ2n) is 9.62. The Kier molecular flexibility index (Phi) is 10.7. The van der Waals surface area contributed by atoms with Crippen LogP contribution >= 0.6 is 0 Å². The molecule has 220 valence electrons. The summed E-state index contributed by atoms with van der Waals surface area (Å²) in [5.41, 5.74) is 0.820. The van der Waals surface area contributed by atoms with Gasteiger partial charge in [0.2, 0.25) is 11.8 Å². The van der Waals surface area contributed by atoms with E-state index in [1.165, 1.54) is 48.4 Å². The lowest BCUT2D eigenvalue weighted by Gasteiger charge is -2.33. The van der Waals surface area contributed by atoms with Crippen LogP contribution in [-0.4, -0.2) is 58.0 Å². The van der Waals surface area contributed by atoms with Crippen LogP contribution in [0.1, 0.15) is 32.8 Å². The molecule has 0 spiro atoms. The average molecular weight is 586 g/mol. The maximum Gasteiger partial charge on any atom is 0.264 e. The van der Waals surface area contributed by atoms with E-state index >= 15 is 0 Å². The molecule has 0 aromatic heterocycles. The molecular formula is C30H36FN3O6S. The molecule has 0 fully saturated rings. The van der Waals surface area contributed by atoms with Crippen molar-refractivity contribution < 1.29 is 31.9 Å². The van der Waals surface area contributed by atoms with Gasteiger partial charge in [-0.05, 0) is 86.5 Å². The zero-order valence-electron chi connectivity index (χ0n) is 23.8. The summed E-state index contributed by atoms with van der Waals surface area (Å²) in [5, 5.41) is 2.85. The number of halogens is 1. The quantitative estimate of drug-likeness (QED) is 0.320. The molecule has 0 aliphatic heterocycles. The predicted octanol–water partition coefficient (Wildman–Crippen LogP) is 4.37. The largest absolute Gasteiger partial charge is 0.497 e. The summed E-state index contributed by atoms with van der Waals surface area (Å²) in [6, 6.07) is 16.6. The lowest BCUT2D eigenvalue weighted by molar-refractivity contribution is -0.140. The summed E-state index contributed by atoms with van der Waals surface area (Å²) in [7, 11) is -1.28.